The number of nitrogens with zero attached hydrogens (tertiary/aromatic N) is 3. The van der Waals surface area contributed by atoms with Crippen LogP contribution in [0.5, 0.6) is 5.75 Å². The summed E-state index contributed by atoms with van der Waals surface area (Å²) in [5.41, 5.74) is 0.637. The second-order valence-corrected chi connectivity index (χ2v) is 6.88. The topological polar surface area (TPSA) is 75.9 Å². The molecule has 1 amide bonds. The molecule has 0 aliphatic carbocycles. The maximum atomic E-state index is 12.4. The number of para-hydroxylation sites is 2. The lowest BCUT2D eigenvalue weighted by atomic mass is 10.2. The first-order valence-electron chi connectivity index (χ1n) is 8.29. The Morgan fingerprint density at radius 1 is 1.07 bits per heavy atom. The van der Waals surface area contributed by atoms with Gasteiger partial charge in [0, 0.05) is 42.3 Å². The van der Waals surface area contributed by atoms with Gasteiger partial charge in [0.05, 0.1) is 4.92 Å². The molecule has 1 heterocycles. The van der Waals surface area contributed by atoms with Crippen LogP contribution < -0.4 is 9.64 Å². The van der Waals surface area contributed by atoms with Crippen LogP contribution >= 0.6 is 23.2 Å². The Hall–Kier alpha value is -2.51. The Morgan fingerprint density at radius 2 is 1.70 bits per heavy atom. The van der Waals surface area contributed by atoms with Gasteiger partial charge in [0.15, 0.2) is 6.61 Å². The number of ether oxygens (including phenoxy) is 1. The average molecular weight is 410 g/mol. The molecule has 2 aromatic carbocycles. The van der Waals surface area contributed by atoms with E-state index in [1.54, 1.807) is 41.3 Å². The molecule has 27 heavy (non-hydrogen) atoms. The first-order chi connectivity index (χ1) is 12.9. The first-order valence-corrected chi connectivity index (χ1v) is 9.04. The van der Waals surface area contributed by atoms with Crippen LogP contribution in [0.1, 0.15) is 0 Å². The Balaban J connectivity index is 1.56. The highest BCUT2D eigenvalue weighted by Crippen LogP contribution is 2.28. The van der Waals surface area contributed by atoms with Gasteiger partial charge in [-0.05, 0) is 24.3 Å². The zero-order chi connectivity index (χ0) is 19.4. The van der Waals surface area contributed by atoms with Gasteiger partial charge in [0.1, 0.15) is 11.4 Å². The Bertz CT molecular complexity index is 834. The van der Waals surface area contributed by atoms with Crippen LogP contribution in [0.3, 0.4) is 0 Å². The summed E-state index contributed by atoms with van der Waals surface area (Å²) in [7, 11) is 0. The molecular formula is C18H17Cl2N3O4. The SMILES string of the molecule is O=C(COc1cc(Cl)cc(Cl)c1)N1CCN(c2ccccc2[N+](=O)[O-])CC1. The average Bonchev–Trinajstić information content (AvgIpc) is 2.65. The van der Waals surface area contributed by atoms with Crippen LogP contribution in [0.15, 0.2) is 42.5 Å². The number of carbonyl (C=O) groups is 1. The molecule has 0 spiro atoms. The number of nitro groups is 1. The number of amides is 1. The molecule has 7 nitrogen and oxygen atoms in total. The zero-order valence-electron chi connectivity index (χ0n) is 14.3. The van der Waals surface area contributed by atoms with Gasteiger partial charge in [-0.1, -0.05) is 35.3 Å². The van der Waals surface area contributed by atoms with Crippen LogP contribution in [-0.2, 0) is 4.79 Å². The number of halogens is 2. The molecule has 1 aliphatic rings. The van der Waals surface area contributed by atoms with Crippen LogP contribution in [-0.4, -0.2) is 48.5 Å². The molecule has 1 aliphatic heterocycles. The summed E-state index contributed by atoms with van der Waals surface area (Å²) in [5, 5.41) is 12.1. The van der Waals surface area contributed by atoms with Crippen molar-refractivity contribution in [1.29, 1.82) is 0 Å². The molecule has 1 saturated heterocycles. The van der Waals surface area contributed by atoms with Crippen molar-refractivity contribution in [2.75, 3.05) is 37.7 Å². The third kappa shape index (κ3) is 4.81. The Morgan fingerprint density at radius 3 is 2.33 bits per heavy atom. The molecule has 2 aromatic rings. The molecule has 0 N–H and O–H groups in total. The molecule has 0 atom stereocenters. The molecule has 3 rings (SSSR count). The molecule has 0 saturated carbocycles. The lowest BCUT2D eigenvalue weighted by Gasteiger charge is -2.35. The zero-order valence-corrected chi connectivity index (χ0v) is 15.8. The Kier molecular flexibility index (Phi) is 6.03. The number of carbonyl (C=O) groups excluding carboxylic acids is 1. The van der Waals surface area contributed by atoms with E-state index in [4.69, 9.17) is 27.9 Å². The van der Waals surface area contributed by atoms with Crippen molar-refractivity contribution in [3.05, 3.63) is 62.6 Å². The van der Waals surface area contributed by atoms with Crippen molar-refractivity contribution < 1.29 is 14.5 Å². The number of hydrogen-bond donors (Lipinski definition) is 0. The van der Waals surface area contributed by atoms with E-state index in [1.807, 2.05) is 4.90 Å². The number of anilines is 1. The molecule has 0 radical (unpaired) electrons. The van der Waals surface area contributed by atoms with Gasteiger partial charge in [-0.15, -0.1) is 0 Å². The van der Waals surface area contributed by atoms with Gasteiger partial charge < -0.3 is 14.5 Å². The highest BCUT2D eigenvalue weighted by atomic mass is 35.5. The molecule has 0 bridgehead atoms. The fourth-order valence-electron chi connectivity index (χ4n) is 2.93. The van der Waals surface area contributed by atoms with Crippen molar-refractivity contribution in [2.45, 2.75) is 0 Å². The highest BCUT2D eigenvalue weighted by Gasteiger charge is 2.25. The summed E-state index contributed by atoms with van der Waals surface area (Å²) >= 11 is 11.8. The molecule has 1 fully saturated rings. The normalized spacial score (nSPS) is 14.1. The summed E-state index contributed by atoms with van der Waals surface area (Å²) in [6.07, 6.45) is 0. The number of hydrogen-bond acceptors (Lipinski definition) is 5. The fourth-order valence-corrected chi connectivity index (χ4v) is 3.44. The van der Waals surface area contributed by atoms with Crippen molar-refractivity contribution in [3.8, 4) is 5.75 Å². The lowest BCUT2D eigenvalue weighted by molar-refractivity contribution is -0.384. The number of rotatable bonds is 5. The maximum Gasteiger partial charge on any atom is 0.292 e. The fraction of sp³-hybridized carbons (Fsp3) is 0.278. The van der Waals surface area contributed by atoms with Crippen LogP contribution in [0, 0.1) is 10.1 Å². The van der Waals surface area contributed by atoms with E-state index in [-0.39, 0.29) is 18.2 Å². The quantitative estimate of drug-likeness (QED) is 0.556. The smallest absolute Gasteiger partial charge is 0.292 e. The molecule has 0 unspecified atom stereocenters. The van der Waals surface area contributed by atoms with Gasteiger partial charge in [0.2, 0.25) is 0 Å². The largest absolute Gasteiger partial charge is 0.484 e. The van der Waals surface area contributed by atoms with Crippen LogP contribution in [0.25, 0.3) is 0 Å². The molecular weight excluding hydrogens is 393 g/mol. The van der Waals surface area contributed by atoms with Crippen molar-refractivity contribution in [1.82, 2.24) is 4.90 Å². The second-order valence-electron chi connectivity index (χ2n) is 6.01. The van der Waals surface area contributed by atoms with Gasteiger partial charge >= 0.3 is 0 Å². The van der Waals surface area contributed by atoms with E-state index in [1.165, 1.54) is 6.07 Å². The van der Waals surface area contributed by atoms with E-state index in [0.717, 1.165) is 0 Å². The Labute approximate surface area is 166 Å². The monoisotopic (exact) mass is 409 g/mol. The molecule has 0 aromatic heterocycles. The van der Waals surface area contributed by atoms with Gasteiger partial charge in [-0.3, -0.25) is 14.9 Å². The lowest BCUT2D eigenvalue weighted by Crippen LogP contribution is -2.50. The van der Waals surface area contributed by atoms with Crippen LogP contribution in [0.2, 0.25) is 10.0 Å². The predicted molar refractivity (Wildman–Crippen MR) is 104 cm³/mol. The summed E-state index contributed by atoms with van der Waals surface area (Å²) in [4.78, 5) is 26.8. The molecule has 142 valence electrons. The number of nitro benzene ring substituents is 1. The standard InChI is InChI=1S/C18H17Cl2N3O4/c19-13-9-14(20)11-15(10-13)27-12-18(24)22-7-5-21(6-8-22)16-3-1-2-4-17(16)23(25)26/h1-4,9-11H,5-8,12H2. The van der Waals surface area contributed by atoms with Gasteiger partial charge in [-0.25, -0.2) is 0 Å². The van der Waals surface area contributed by atoms with Crippen molar-refractivity contribution in [2.24, 2.45) is 0 Å². The van der Waals surface area contributed by atoms with Crippen LogP contribution in [0.4, 0.5) is 11.4 Å². The predicted octanol–water partition coefficient (Wildman–Crippen LogP) is 3.63. The minimum atomic E-state index is -0.392. The van der Waals surface area contributed by atoms with Gasteiger partial charge in [-0.2, -0.15) is 0 Å². The summed E-state index contributed by atoms with van der Waals surface area (Å²) in [5.74, 6) is 0.271. The summed E-state index contributed by atoms with van der Waals surface area (Å²) in [6, 6.07) is 11.4. The summed E-state index contributed by atoms with van der Waals surface area (Å²) in [6.45, 7) is 1.83. The minimum Gasteiger partial charge on any atom is -0.484 e. The number of benzene rings is 2. The van der Waals surface area contributed by atoms with Gasteiger partial charge in [0.25, 0.3) is 11.6 Å². The highest BCUT2D eigenvalue weighted by molar-refractivity contribution is 6.34. The third-order valence-corrected chi connectivity index (χ3v) is 4.69. The van der Waals surface area contributed by atoms with E-state index in [0.29, 0.717) is 47.7 Å². The number of piperazine rings is 1. The second kappa shape index (κ2) is 8.45. The minimum absolute atomic E-state index is 0.0680. The van der Waals surface area contributed by atoms with E-state index < -0.39 is 4.92 Å². The van der Waals surface area contributed by atoms with E-state index in [2.05, 4.69) is 0 Å². The summed E-state index contributed by atoms with van der Waals surface area (Å²) < 4.78 is 5.48. The van der Waals surface area contributed by atoms with E-state index in [9.17, 15) is 14.9 Å². The first kappa shape index (κ1) is 19.3. The van der Waals surface area contributed by atoms with Crippen molar-refractivity contribution >= 4 is 40.5 Å². The maximum absolute atomic E-state index is 12.4. The molecule has 9 heteroatoms. The third-order valence-electron chi connectivity index (χ3n) is 4.25. The van der Waals surface area contributed by atoms with E-state index >= 15 is 0 Å². The van der Waals surface area contributed by atoms with Crippen molar-refractivity contribution in [3.63, 3.8) is 0 Å².